The Labute approximate surface area is 233 Å². The van der Waals surface area contributed by atoms with Gasteiger partial charge in [0.1, 0.15) is 6.54 Å². The van der Waals surface area contributed by atoms with Crippen LogP contribution < -0.4 is 14.9 Å². The molecule has 10 heteroatoms. The van der Waals surface area contributed by atoms with E-state index < -0.39 is 22.5 Å². The maximum atomic E-state index is 13.7. The number of hydrogen-bond donors (Lipinski definition) is 2. The van der Waals surface area contributed by atoms with E-state index in [1.54, 1.807) is 36.4 Å². The largest absolute Gasteiger partial charge is 0.349 e. The summed E-state index contributed by atoms with van der Waals surface area (Å²) in [5, 5.41) is 6.14. The van der Waals surface area contributed by atoms with Gasteiger partial charge in [-0.15, -0.1) is 0 Å². The third-order valence-electron chi connectivity index (χ3n) is 6.46. The zero-order valence-electron chi connectivity index (χ0n) is 20.9. The molecule has 0 saturated heterocycles. The molecule has 0 radical (unpaired) electrons. The molecule has 1 aliphatic carbocycles. The molecule has 0 spiro atoms. The number of sulfonamides is 1. The van der Waals surface area contributed by atoms with Crippen molar-refractivity contribution in [3.05, 3.63) is 87.9 Å². The molecule has 4 rings (SSSR count). The van der Waals surface area contributed by atoms with Crippen LogP contribution >= 0.6 is 23.2 Å². The standard InChI is InChI=1S/C28H29Cl2N3O4S/c1-19-11-14-22(15-12-19)38(36,37)33(26-17-20(29)13-16-24(26)30)18-27(34)32-25-10-6-5-9-23(25)28(35)31-21-7-3-2-4-8-21/h5-6,9-17,21H,2-4,7-8,18H2,1H3,(H,31,35)(H,32,34). The molecule has 2 amide bonds. The minimum atomic E-state index is -4.19. The van der Waals surface area contributed by atoms with Crippen LogP contribution in [0, 0.1) is 6.92 Å². The lowest BCUT2D eigenvalue weighted by atomic mass is 9.95. The Morgan fingerprint density at radius 2 is 1.63 bits per heavy atom. The molecule has 1 fully saturated rings. The lowest BCUT2D eigenvalue weighted by molar-refractivity contribution is -0.114. The monoisotopic (exact) mass is 573 g/mol. The molecule has 0 heterocycles. The molecular weight excluding hydrogens is 545 g/mol. The van der Waals surface area contributed by atoms with Gasteiger partial charge in [0.15, 0.2) is 0 Å². The van der Waals surface area contributed by atoms with Crippen molar-refractivity contribution in [2.24, 2.45) is 0 Å². The van der Waals surface area contributed by atoms with E-state index >= 15 is 0 Å². The molecule has 2 N–H and O–H groups in total. The predicted molar refractivity (Wildman–Crippen MR) is 152 cm³/mol. The second-order valence-electron chi connectivity index (χ2n) is 9.32. The number of halogens is 2. The molecule has 7 nitrogen and oxygen atoms in total. The van der Waals surface area contributed by atoms with Crippen LogP contribution in [-0.2, 0) is 14.8 Å². The molecular formula is C28H29Cl2N3O4S. The average Bonchev–Trinajstić information content (AvgIpc) is 2.90. The maximum Gasteiger partial charge on any atom is 0.264 e. The Morgan fingerprint density at radius 3 is 2.34 bits per heavy atom. The highest BCUT2D eigenvalue weighted by Gasteiger charge is 2.29. The molecule has 0 aliphatic heterocycles. The lowest BCUT2D eigenvalue weighted by Gasteiger charge is -2.26. The van der Waals surface area contributed by atoms with Crippen molar-refractivity contribution in [3.8, 4) is 0 Å². The number of carbonyl (C=O) groups is 2. The van der Waals surface area contributed by atoms with E-state index in [9.17, 15) is 18.0 Å². The van der Waals surface area contributed by atoms with Crippen molar-refractivity contribution >= 4 is 56.4 Å². The molecule has 0 bridgehead atoms. The number of anilines is 2. The molecule has 1 saturated carbocycles. The SMILES string of the molecule is Cc1ccc(S(=O)(=O)N(CC(=O)Nc2ccccc2C(=O)NC2CCCCC2)c2cc(Cl)ccc2Cl)cc1. The van der Waals surface area contributed by atoms with Gasteiger partial charge in [0.25, 0.3) is 15.9 Å². The van der Waals surface area contributed by atoms with Crippen LogP contribution in [0.4, 0.5) is 11.4 Å². The van der Waals surface area contributed by atoms with Crippen molar-refractivity contribution in [1.29, 1.82) is 0 Å². The van der Waals surface area contributed by atoms with E-state index in [0.29, 0.717) is 5.56 Å². The van der Waals surface area contributed by atoms with Crippen LogP contribution in [0.25, 0.3) is 0 Å². The van der Waals surface area contributed by atoms with Gasteiger partial charge in [-0.2, -0.15) is 0 Å². The van der Waals surface area contributed by atoms with E-state index in [2.05, 4.69) is 10.6 Å². The summed E-state index contributed by atoms with van der Waals surface area (Å²) in [5.41, 5.74) is 1.55. The van der Waals surface area contributed by atoms with Crippen LogP contribution in [0.3, 0.4) is 0 Å². The Balaban J connectivity index is 1.61. The van der Waals surface area contributed by atoms with Crippen molar-refractivity contribution in [3.63, 3.8) is 0 Å². The molecule has 0 atom stereocenters. The summed E-state index contributed by atoms with van der Waals surface area (Å²) in [6, 6.07) is 17.4. The Hall–Kier alpha value is -3.07. The fourth-order valence-electron chi connectivity index (χ4n) is 4.43. The molecule has 0 unspecified atom stereocenters. The van der Waals surface area contributed by atoms with Gasteiger partial charge in [-0.3, -0.25) is 13.9 Å². The maximum absolute atomic E-state index is 13.7. The van der Waals surface area contributed by atoms with E-state index in [-0.39, 0.29) is 38.3 Å². The molecule has 0 aromatic heterocycles. The normalized spacial score (nSPS) is 14.1. The fraction of sp³-hybridized carbons (Fsp3) is 0.286. The van der Waals surface area contributed by atoms with Crippen LogP contribution in [0.2, 0.25) is 10.0 Å². The van der Waals surface area contributed by atoms with Crippen LogP contribution in [0.5, 0.6) is 0 Å². The van der Waals surface area contributed by atoms with Gasteiger partial charge < -0.3 is 10.6 Å². The number of nitrogens with one attached hydrogen (secondary N) is 2. The number of benzene rings is 3. The van der Waals surface area contributed by atoms with Crippen LogP contribution in [0.15, 0.2) is 71.6 Å². The van der Waals surface area contributed by atoms with Crippen molar-refractivity contribution in [2.75, 3.05) is 16.2 Å². The summed E-state index contributed by atoms with van der Waals surface area (Å²) in [5.74, 6) is -0.926. The van der Waals surface area contributed by atoms with Gasteiger partial charge in [0.05, 0.1) is 26.9 Å². The molecule has 1 aliphatic rings. The third-order valence-corrected chi connectivity index (χ3v) is 8.79. The Morgan fingerprint density at radius 1 is 0.947 bits per heavy atom. The number of aryl methyl sites for hydroxylation is 1. The second-order valence-corrected chi connectivity index (χ2v) is 12.0. The summed E-state index contributed by atoms with van der Waals surface area (Å²) in [6.07, 6.45) is 5.15. The van der Waals surface area contributed by atoms with E-state index in [1.807, 2.05) is 6.92 Å². The zero-order chi connectivity index (χ0) is 27.3. The molecule has 38 heavy (non-hydrogen) atoms. The van der Waals surface area contributed by atoms with Gasteiger partial charge in [0, 0.05) is 11.1 Å². The summed E-state index contributed by atoms with van der Waals surface area (Å²) >= 11 is 12.5. The topological polar surface area (TPSA) is 95.6 Å². The first-order valence-electron chi connectivity index (χ1n) is 12.4. The highest BCUT2D eigenvalue weighted by Crippen LogP contribution is 2.33. The second kappa shape index (κ2) is 12.2. The molecule has 3 aromatic carbocycles. The van der Waals surface area contributed by atoms with Crippen molar-refractivity contribution in [2.45, 2.75) is 50.0 Å². The van der Waals surface area contributed by atoms with Gasteiger partial charge in [0.2, 0.25) is 5.91 Å². The number of para-hydroxylation sites is 1. The first kappa shape index (κ1) is 28.0. The van der Waals surface area contributed by atoms with Gasteiger partial charge in [-0.25, -0.2) is 8.42 Å². The summed E-state index contributed by atoms with van der Waals surface area (Å²) in [6.45, 7) is 1.26. The van der Waals surface area contributed by atoms with Crippen molar-refractivity contribution < 1.29 is 18.0 Å². The summed E-state index contributed by atoms with van der Waals surface area (Å²) in [4.78, 5) is 26.3. The zero-order valence-corrected chi connectivity index (χ0v) is 23.2. The quantitative estimate of drug-likeness (QED) is 0.335. The van der Waals surface area contributed by atoms with Gasteiger partial charge >= 0.3 is 0 Å². The Kier molecular flexibility index (Phi) is 8.97. The van der Waals surface area contributed by atoms with Gasteiger partial charge in [-0.1, -0.05) is 72.3 Å². The molecule has 200 valence electrons. The smallest absolute Gasteiger partial charge is 0.264 e. The van der Waals surface area contributed by atoms with E-state index in [0.717, 1.165) is 42.0 Å². The summed E-state index contributed by atoms with van der Waals surface area (Å²) < 4.78 is 28.3. The fourth-order valence-corrected chi connectivity index (χ4v) is 6.30. The summed E-state index contributed by atoms with van der Waals surface area (Å²) in [7, 11) is -4.19. The van der Waals surface area contributed by atoms with Gasteiger partial charge in [-0.05, 0) is 62.2 Å². The first-order chi connectivity index (χ1) is 18.1. The number of amides is 2. The Bertz CT molecular complexity index is 1420. The van der Waals surface area contributed by atoms with E-state index in [1.165, 1.54) is 30.3 Å². The van der Waals surface area contributed by atoms with E-state index in [4.69, 9.17) is 23.2 Å². The van der Waals surface area contributed by atoms with Crippen LogP contribution in [-0.4, -0.2) is 32.8 Å². The molecule has 3 aromatic rings. The number of carbonyl (C=O) groups excluding carboxylic acids is 2. The highest BCUT2D eigenvalue weighted by molar-refractivity contribution is 7.92. The van der Waals surface area contributed by atoms with Crippen LogP contribution in [0.1, 0.15) is 48.0 Å². The minimum Gasteiger partial charge on any atom is -0.349 e. The number of nitrogens with zero attached hydrogens (tertiary/aromatic N) is 1. The predicted octanol–water partition coefficient (Wildman–Crippen LogP) is 6.20. The third kappa shape index (κ3) is 6.67. The minimum absolute atomic E-state index is 0.000739. The number of rotatable bonds is 8. The average molecular weight is 575 g/mol. The first-order valence-corrected chi connectivity index (χ1v) is 14.6. The lowest BCUT2D eigenvalue weighted by Crippen LogP contribution is -2.39. The number of hydrogen-bond acceptors (Lipinski definition) is 4. The highest BCUT2D eigenvalue weighted by atomic mass is 35.5. The van der Waals surface area contributed by atoms with Crippen molar-refractivity contribution in [1.82, 2.24) is 5.32 Å².